The maximum atomic E-state index is 6.20. The number of nitrogens with one attached hydrogen (secondary N) is 1. The van der Waals surface area contributed by atoms with Gasteiger partial charge >= 0.3 is 0 Å². The predicted octanol–water partition coefficient (Wildman–Crippen LogP) is 3.60. The molecule has 2 heterocycles. The molecule has 0 amide bonds. The highest BCUT2D eigenvalue weighted by atomic mass is 35.5. The van der Waals surface area contributed by atoms with Crippen LogP contribution in [-0.2, 0) is 0 Å². The molecule has 0 radical (unpaired) electrons. The Bertz CT molecular complexity index is 404. The molecule has 3 nitrogen and oxygen atoms in total. The van der Waals surface area contributed by atoms with Crippen molar-refractivity contribution in [3.63, 3.8) is 0 Å². The average molecular weight is 302 g/mol. The molecule has 0 spiro atoms. The van der Waals surface area contributed by atoms with Crippen LogP contribution in [0, 0.1) is 5.92 Å². The summed E-state index contributed by atoms with van der Waals surface area (Å²) in [5.41, 5.74) is 0. The molecule has 1 aliphatic rings. The first-order valence-electron chi connectivity index (χ1n) is 6.97. The molecule has 1 N–H and O–H groups in total. The molecule has 0 aromatic carbocycles. The number of aromatic nitrogens is 1. The van der Waals surface area contributed by atoms with Crippen molar-refractivity contribution in [2.45, 2.75) is 26.2 Å². The maximum absolute atomic E-state index is 6.20. The molecule has 19 heavy (non-hydrogen) atoms. The zero-order valence-electron chi connectivity index (χ0n) is 11.3. The van der Waals surface area contributed by atoms with Crippen molar-refractivity contribution in [2.24, 2.45) is 5.92 Å². The standard InChI is InChI=1S/C14H21Cl2N3/c1-2-5-17-9-11-3-6-19(7-4-11)14-13(16)8-12(15)10-18-14/h8,10-11,17H,2-7,9H2,1H3. The molecule has 0 saturated carbocycles. The van der Waals surface area contributed by atoms with E-state index in [2.05, 4.69) is 22.1 Å². The third-order valence-corrected chi connectivity index (χ3v) is 4.05. The Balaban J connectivity index is 1.85. The number of rotatable bonds is 5. The molecule has 106 valence electrons. The van der Waals surface area contributed by atoms with E-state index in [0.29, 0.717) is 10.0 Å². The highest BCUT2D eigenvalue weighted by molar-refractivity contribution is 6.36. The molecule has 0 bridgehead atoms. The van der Waals surface area contributed by atoms with Gasteiger partial charge in [0.05, 0.1) is 10.0 Å². The fraction of sp³-hybridized carbons (Fsp3) is 0.643. The van der Waals surface area contributed by atoms with Crippen molar-refractivity contribution >= 4 is 29.0 Å². The lowest BCUT2D eigenvalue weighted by molar-refractivity contribution is 0.382. The number of pyridine rings is 1. The molecule has 5 heteroatoms. The fourth-order valence-corrected chi connectivity index (χ4v) is 2.97. The Morgan fingerprint density at radius 2 is 2.11 bits per heavy atom. The lowest BCUT2D eigenvalue weighted by Crippen LogP contribution is -2.38. The number of hydrogen-bond donors (Lipinski definition) is 1. The van der Waals surface area contributed by atoms with Gasteiger partial charge in [0, 0.05) is 19.3 Å². The van der Waals surface area contributed by atoms with Crippen molar-refractivity contribution in [2.75, 3.05) is 31.1 Å². The lowest BCUT2D eigenvalue weighted by Gasteiger charge is -2.33. The van der Waals surface area contributed by atoms with E-state index in [-0.39, 0.29) is 0 Å². The van der Waals surface area contributed by atoms with Crippen LogP contribution < -0.4 is 10.2 Å². The van der Waals surface area contributed by atoms with Crippen molar-refractivity contribution in [3.05, 3.63) is 22.3 Å². The average Bonchev–Trinajstić information content (AvgIpc) is 2.40. The molecule has 0 unspecified atom stereocenters. The summed E-state index contributed by atoms with van der Waals surface area (Å²) in [7, 11) is 0. The number of halogens is 2. The summed E-state index contributed by atoms with van der Waals surface area (Å²) < 4.78 is 0. The molecule has 0 aliphatic carbocycles. The van der Waals surface area contributed by atoms with E-state index < -0.39 is 0 Å². The molecule has 0 atom stereocenters. The van der Waals surface area contributed by atoms with E-state index >= 15 is 0 Å². The Morgan fingerprint density at radius 1 is 1.37 bits per heavy atom. The van der Waals surface area contributed by atoms with E-state index in [4.69, 9.17) is 23.2 Å². The van der Waals surface area contributed by atoms with Crippen LogP contribution in [0.15, 0.2) is 12.3 Å². The second kappa shape index (κ2) is 7.32. The number of anilines is 1. The van der Waals surface area contributed by atoms with Crippen LogP contribution in [0.4, 0.5) is 5.82 Å². The van der Waals surface area contributed by atoms with Crippen molar-refractivity contribution in [1.82, 2.24) is 10.3 Å². The van der Waals surface area contributed by atoms with Gasteiger partial charge in [-0.1, -0.05) is 30.1 Å². The second-order valence-corrected chi connectivity index (χ2v) is 5.94. The van der Waals surface area contributed by atoms with Crippen LogP contribution in [0.5, 0.6) is 0 Å². The van der Waals surface area contributed by atoms with Gasteiger partial charge in [-0.05, 0) is 44.3 Å². The summed E-state index contributed by atoms with van der Waals surface area (Å²) in [6, 6.07) is 1.76. The number of nitrogens with zero attached hydrogens (tertiary/aromatic N) is 2. The van der Waals surface area contributed by atoms with Gasteiger partial charge in [-0.25, -0.2) is 4.98 Å². The Hall–Kier alpha value is -0.510. The van der Waals surface area contributed by atoms with Crippen LogP contribution in [0.25, 0.3) is 0 Å². The van der Waals surface area contributed by atoms with Gasteiger partial charge in [-0.2, -0.15) is 0 Å². The maximum Gasteiger partial charge on any atom is 0.147 e. The molecule has 1 fully saturated rings. The fourth-order valence-electron chi connectivity index (χ4n) is 2.47. The van der Waals surface area contributed by atoms with Gasteiger partial charge in [0.25, 0.3) is 0 Å². The van der Waals surface area contributed by atoms with Crippen molar-refractivity contribution in [1.29, 1.82) is 0 Å². The van der Waals surface area contributed by atoms with Crippen molar-refractivity contribution in [3.8, 4) is 0 Å². The third kappa shape index (κ3) is 4.23. The van der Waals surface area contributed by atoms with Crippen LogP contribution in [0.1, 0.15) is 26.2 Å². The summed E-state index contributed by atoms with van der Waals surface area (Å²) >= 11 is 12.1. The smallest absolute Gasteiger partial charge is 0.147 e. The zero-order valence-corrected chi connectivity index (χ0v) is 12.8. The van der Waals surface area contributed by atoms with E-state index in [1.54, 1.807) is 12.3 Å². The minimum Gasteiger partial charge on any atom is -0.355 e. The van der Waals surface area contributed by atoms with Gasteiger partial charge in [0.2, 0.25) is 0 Å². The minimum atomic E-state index is 0.590. The minimum absolute atomic E-state index is 0.590. The summed E-state index contributed by atoms with van der Waals surface area (Å²) in [6.07, 6.45) is 5.25. The van der Waals surface area contributed by atoms with E-state index in [9.17, 15) is 0 Å². The van der Waals surface area contributed by atoms with Crippen LogP contribution >= 0.6 is 23.2 Å². The van der Waals surface area contributed by atoms with Gasteiger partial charge in [-0.15, -0.1) is 0 Å². The van der Waals surface area contributed by atoms with E-state index in [1.807, 2.05) is 0 Å². The summed E-state index contributed by atoms with van der Waals surface area (Å²) in [6.45, 7) is 6.48. The number of piperidine rings is 1. The van der Waals surface area contributed by atoms with E-state index in [0.717, 1.165) is 37.9 Å². The summed E-state index contributed by atoms with van der Waals surface area (Å²) in [5.74, 6) is 1.64. The molecule has 1 aromatic heterocycles. The first kappa shape index (κ1) is 14.9. The molecule has 2 rings (SSSR count). The summed E-state index contributed by atoms with van der Waals surface area (Å²) in [4.78, 5) is 6.61. The van der Waals surface area contributed by atoms with Gasteiger partial charge in [-0.3, -0.25) is 0 Å². The van der Waals surface area contributed by atoms with Gasteiger partial charge in [0.15, 0.2) is 0 Å². The van der Waals surface area contributed by atoms with E-state index in [1.165, 1.54) is 19.3 Å². The first-order valence-corrected chi connectivity index (χ1v) is 7.73. The monoisotopic (exact) mass is 301 g/mol. The first-order chi connectivity index (χ1) is 9.20. The van der Waals surface area contributed by atoms with Crippen LogP contribution in [0.3, 0.4) is 0 Å². The Morgan fingerprint density at radius 3 is 2.74 bits per heavy atom. The topological polar surface area (TPSA) is 28.2 Å². The number of hydrogen-bond acceptors (Lipinski definition) is 3. The predicted molar refractivity (Wildman–Crippen MR) is 82.4 cm³/mol. The van der Waals surface area contributed by atoms with Crippen LogP contribution in [-0.4, -0.2) is 31.2 Å². The molecular formula is C14H21Cl2N3. The highest BCUT2D eigenvalue weighted by Crippen LogP contribution is 2.29. The molecule has 1 saturated heterocycles. The lowest BCUT2D eigenvalue weighted by atomic mass is 9.97. The molecule has 1 aromatic rings. The normalized spacial score (nSPS) is 16.9. The van der Waals surface area contributed by atoms with Crippen molar-refractivity contribution < 1.29 is 0 Å². The van der Waals surface area contributed by atoms with Gasteiger partial charge < -0.3 is 10.2 Å². The Kier molecular flexibility index (Phi) is 5.74. The second-order valence-electron chi connectivity index (χ2n) is 5.09. The van der Waals surface area contributed by atoms with Gasteiger partial charge in [0.1, 0.15) is 5.82 Å². The zero-order chi connectivity index (χ0) is 13.7. The van der Waals surface area contributed by atoms with Crippen LogP contribution in [0.2, 0.25) is 10.0 Å². The Labute approximate surface area is 125 Å². The quantitative estimate of drug-likeness (QED) is 0.842. The highest BCUT2D eigenvalue weighted by Gasteiger charge is 2.21. The molecular weight excluding hydrogens is 281 g/mol. The third-order valence-electron chi connectivity index (χ3n) is 3.56. The molecule has 1 aliphatic heterocycles. The largest absolute Gasteiger partial charge is 0.355 e. The summed E-state index contributed by atoms with van der Waals surface area (Å²) in [5, 5.41) is 4.74. The SMILES string of the molecule is CCCNCC1CCN(c2ncc(Cl)cc2Cl)CC1.